The van der Waals surface area contributed by atoms with Crippen LogP contribution in [0.4, 0.5) is 0 Å². The van der Waals surface area contributed by atoms with E-state index in [-0.39, 0.29) is 5.92 Å². The van der Waals surface area contributed by atoms with E-state index in [0.717, 1.165) is 5.75 Å². The van der Waals surface area contributed by atoms with Gasteiger partial charge in [0.25, 0.3) is 0 Å². The van der Waals surface area contributed by atoms with Crippen LogP contribution in [0.1, 0.15) is 52.9 Å². The molecule has 0 radical (unpaired) electrons. The zero-order valence-electron chi connectivity index (χ0n) is 19.0. The van der Waals surface area contributed by atoms with E-state index in [1.54, 1.807) is 18.7 Å². The summed E-state index contributed by atoms with van der Waals surface area (Å²) < 4.78 is 0. The largest absolute Gasteiger partial charge is 0.480 e. The van der Waals surface area contributed by atoms with E-state index in [4.69, 9.17) is 16.6 Å². The summed E-state index contributed by atoms with van der Waals surface area (Å²) in [5.74, 6) is -2.21. The summed E-state index contributed by atoms with van der Waals surface area (Å²) in [6, 6.07) is -3.62. The highest BCUT2D eigenvalue weighted by molar-refractivity contribution is 7.98. The molecule has 0 saturated carbocycles. The highest BCUT2D eigenvalue weighted by Crippen LogP contribution is 2.10. The van der Waals surface area contributed by atoms with Crippen molar-refractivity contribution in [1.29, 1.82) is 0 Å². The molecule has 8 N–H and O–H groups in total. The molecular weight excluding hydrogens is 422 g/mol. The van der Waals surface area contributed by atoms with Crippen molar-refractivity contribution in [2.24, 2.45) is 17.4 Å². The third-order valence-electron chi connectivity index (χ3n) is 5.07. The Bertz CT molecular complexity index is 592. The number of carboxylic acids is 1. The van der Waals surface area contributed by atoms with E-state index in [2.05, 4.69) is 16.0 Å². The maximum Gasteiger partial charge on any atom is 0.325 e. The fraction of sp³-hybridized carbons (Fsp3) is 0.800. The molecule has 0 aromatic rings. The van der Waals surface area contributed by atoms with Crippen LogP contribution in [0.2, 0.25) is 0 Å². The van der Waals surface area contributed by atoms with Gasteiger partial charge in [0.15, 0.2) is 0 Å². The second-order valence-corrected chi connectivity index (χ2v) is 8.66. The molecule has 180 valence electrons. The third kappa shape index (κ3) is 11.4. The van der Waals surface area contributed by atoms with Crippen molar-refractivity contribution in [1.82, 2.24) is 16.0 Å². The Hall–Kier alpha value is -1.85. The van der Waals surface area contributed by atoms with Crippen LogP contribution in [-0.2, 0) is 19.2 Å². The smallest absolute Gasteiger partial charge is 0.325 e. The number of nitrogens with two attached hydrogens (primary N) is 2. The average molecular weight is 462 g/mol. The lowest BCUT2D eigenvalue weighted by Crippen LogP contribution is -2.58. The lowest BCUT2D eigenvalue weighted by Gasteiger charge is -2.27. The van der Waals surface area contributed by atoms with Crippen molar-refractivity contribution in [2.45, 2.75) is 77.0 Å². The molecule has 5 atom stereocenters. The summed E-state index contributed by atoms with van der Waals surface area (Å²) in [5.41, 5.74) is 11.4. The van der Waals surface area contributed by atoms with Crippen LogP contribution in [0.5, 0.6) is 0 Å². The minimum absolute atomic E-state index is 0.242. The van der Waals surface area contributed by atoms with E-state index in [1.807, 2.05) is 13.2 Å². The van der Waals surface area contributed by atoms with Crippen molar-refractivity contribution in [3.05, 3.63) is 0 Å². The lowest BCUT2D eigenvalue weighted by molar-refractivity contribution is -0.142. The number of carbonyl (C=O) groups excluding carboxylic acids is 3. The second kappa shape index (κ2) is 15.9. The number of carbonyl (C=O) groups is 4. The first kappa shape index (κ1) is 29.1. The Balaban J connectivity index is 5.34. The monoisotopic (exact) mass is 461 g/mol. The Morgan fingerprint density at radius 2 is 1.61 bits per heavy atom. The zero-order valence-corrected chi connectivity index (χ0v) is 19.8. The molecule has 10 nitrogen and oxygen atoms in total. The Morgan fingerprint density at radius 3 is 2.13 bits per heavy atom. The summed E-state index contributed by atoms with van der Waals surface area (Å²) in [4.78, 5) is 49.1. The molecule has 3 amide bonds. The minimum atomic E-state index is -1.17. The van der Waals surface area contributed by atoms with Gasteiger partial charge >= 0.3 is 5.97 Å². The first-order valence-corrected chi connectivity index (χ1v) is 12.1. The molecule has 0 saturated heterocycles. The maximum atomic E-state index is 13.0. The summed E-state index contributed by atoms with van der Waals surface area (Å²) in [6.45, 7) is 5.46. The van der Waals surface area contributed by atoms with Crippen LogP contribution in [0.3, 0.4) is 0 Å². The third-order valence-corrected chi connectivity index (χ3v) is 5.72. The molecule has 0 aromatic carbocycles. The Morgan fingerprint density at radius 1 is 0.968 bits per heavy atom. The maximum absolute atomic E-state index is 13.0. The highest BCUT2D eigenvalue weighted by Gasteiger charge is 2.31. The normalized spacial score (nSPS) is 15.8. The number of amides is 3. The molecule has 0 fully saturated rings. The molecule has 0 aliphatic rings. The van der Waals surface area contributed by atoms with Crippen molar-refractivity contribution in [3.8, 4) is 0 Å². The number of hydrogen-bond acceptors (Lipinski definition) is 7. The standard InChI is InChI=1S/C20H39N5O5S/c1-5-12(2)16(19(28)23-13(3)20(29)30)25-18(27)15(8-6-7-10-21)24-17(26)14(22)9-11-31-4/h12-16H,5-11,21-22H2,1-4H3,(H,23,28)(H,24,26)(H,25,27)(H,29,30). The first-order valence-electron chi connectivity index (χ1n) is 10.7. The summed E-state index contributed by atoms with van der Waals surface area (Å²) >= 11 is 1.57. The van der Waals surface area contributed by atoms with Crippen LogP contribution in [-0.4, -0.2) is 71.5 Å². The predicted molar refractivity (Wildman–Crippen MR) is 122 cm³/mol. The van der Waals surface area contributed by atoms with Crippen LogP contribution in [0.15, 0.2) is 0 Å². The molecule has 0 spiro atoms. The number of hydrogen-bond donors (Lipinski definition) is 6. The van der Waals surface area contributed by atoms with Crippen molar-refractivity contribution in [3.63, 3.8) is 0 Å². The summed E-state index contributed by atoms with van der Waals surface area (Å²) in [6.07, 6.45) is 4.64. The van der Waals surface area contributed by atoms with E-state index < -0.39 is 47.9 Å². The van der Waals surface area contributed by atoms with Gasteiger partial charge in [0.2, 0.25) is 17.7 Å². The van der Waals surface area contributed by atoms with Gasteiger partial charge in [-0.25, -0.2) is 0 Å². The topological polar surface area (TPSA) is 177 Å². The van der Waals surface area contributed by atoms with Crippen molar-refractivity contribution in [2.75, 3.05) is 18.6 Å². The molecule has 0 aliphatic carbocycles. The van der Waals surface area contributed by atoms with Crippen LogP contribution < -0.4 is 27.4 Å². The summed E-state index contributed by atoms with van der Waals surface area (Å²) in [7, 11) is 0. The molecule has 0 bridgehead atoms. The predicted octanol–water partition coefficient (Wildman–Crippen LogP) is -0.199. The highest BCUT2D eigenvalue weighted by atomic mass is 32.2. The number of aliphatic carboxylic acids is 1. The van der Waals surface area contributed by atoms with Gasteiger partial charge in [-0.2, -0.15) is 11.8 Å². The lowest BCUT2D eigenvalue weighted by atomic mass is 9.97. The van der Waals surface area contributed by atoms with Crippen LogP contribution in [0, 0.1) is 5.92 Å². The number of thioether (sulfide) groups is 1. The molecule has 11 heteroatoms. The number of unbranched alkanes of at least 4 members (excludes halogenated alkanes) is 1. The van der Waals surface area contributed by atoms with Crippen molar-refractivity contribution < 1.29 is 24.3 Å². The van der Waals surface area contributed by atoms with E-state index in [9.17, 15) is 19.2 Å². The SMILES string of the molecule is CCC(C)C(NC(=O)C(CCCCN)NC(=O)C(N)CCSC)C(=O)NC(C)C(=O)O. The van der Waals surface area contributed by atoms with Gasteiger partial charge in [0, 0.05) is 0 Å². The fourth-order valence-electron chi connectivity index (χ4n) is 2.74. The van der Waals surface area contributed by atoms with Gasteiger partial charge in [-0.05, 0) is 57.1 Å². The van der Waals surface area contributed by atoms with Crippen LogP contribution in [0.25, 0.3) is 0 Å². The number of rotatable bonds is 16. The minimum Gasteiger partial charge on any atom is -0.480 e. The van der Waals surface area contributed by atoms with Gasteiger partial charge in [0.05, 0.1) is 6.04 Å². The van der Waals surface area contributed by atoms with E-state index in [0.29, 0.717) is 38.6 Å². The first-order chi connectivity index (χ1) is 14.6. The second-order valence-electron chi connectivity index (χ2n) is 7.67. The molecule has 5 unspecified atom stereocenters. The summed E-state index contributed by atoms with van der Waals surface area (Å²) in [5, 5.41) is 16.8. The number of nitrogens with one attached hydrogen (secondary N) is 3. The average Bonchev–Trinajstić information content (AvgIpc) is 2.73. The molecule has 0 rings (SSSR count). The zero-order chi connectivity index (χ0) is 24.0. The van der Waals surface area contributed by atoms with E-state index >= 15 is 0 Å². The van der Waals surface area contributed by atoms with Gasteiger partial charge in [-0.15, -0.1) is 0 Å². The van der Waals surface area contributed by atoms with Gasteiger partial charge in [-0.1, -0.05) is 20.3 Å². The van der Waals surface area contributed by atoms with E-state index in [1.165, 1.54) is 6.92 Å². The van der Waals surface area contributed by atoms with Gasteiger partial charge in [0.1, 0.15) is 18.1 Å². The fourth-order valence-corrected chi connectivity index (χ4v) is 3.23. The molecule has 0 aliphatic heterocycles. The molecule has 0 heterocycles. The molecular formula is C20H39N5O5S. The van der Waals surface area contributed by atoms with Crippen molar-refractivity contribution >= 4 is 35.5 Å². The Kier molecular flexibility index (Phi) is 14.9. The van der Waals surface area contributed by atoms with Gasteiger partial charge < -0.3 is 32.5 Å². The quantitative estimate of drug-likeness (QED) is 0.171. The van der Waals surface area contributed by atoms with Gasteiger partial charge in [-0.3, -0.25) is 19.2 Å². The Labute approximate surface area is 189 Å². The molecule has 0 aromatic heterocycles. The molecule has 31 heavy (non-hydrogen) atoms. The number of carboxylic acid groups (broad SMARTS) is 1. The van der Waals surface area contributed by atoms with Crippen LogP contribution >= 0.6 is 11.8 Å².